The van der Waals surface area contributed by atoms with Crippen molar-refractivity contribution >= 4 is 11.6 Å². The number of rotatable bonds is 4. The highest BCUT2D eigenvalue weighted by Crippen LogP contribution is 2.42. The number of H-pyrrole nitrogens is 1. The van der Waals surface area contributed by atoms with Gasteiger partial charge in [-0.2, -0.15) is 5.10 Å². The van der Waals surface area contributed by atoms with E-state index < -0.39 is 0 Å². The smallest absolute Gasteiger partial charge is 0.273 e. The fraction of sp³-hybridized carbons (Fsp3) is 0.667. The zero-order valence-electron chi connectivity index (χ0n) is 10.1. The lowest BCUT2D eigenvalue weighted by atomic mass is 9.82. The molecule has 6 heteroatoms. The highest BCUT2D eigenvalue weighted by atomic mass is 16.3. The van der Waals surface area contributed by atoms with Crippen molar-refractivity contribution in [3.05, 3.63) is 11.4 Å². The second kappa shape index (κ2) is 4.28. The lowest BCUT2D eigenvalue weighted by Gasteiger charge is -2.31. The second-order valence-corrected chi connectivity index (χ2v) is 5.38. The minimum atomic E-state index is -0.225. The summed E-state index contributed by atoms with van der Waals surface area (Å²) in [6.45, 7) is 0.584. The molecule has 0 aromatic carbocycles. The van der Waals surface area contributed by atoms with Crippen molar-refractivity contribution in [2.75, 3.05) is 12.3 Å². The summed E-state index contributed by atoms with van der Waals surface area (Å²) in [5, 5.41) is 18.9. The van der Waals surface area contributed by atoms with Crippen molar-refractivity contribution in [2.24, 2.45) is 5.92 Å². The number of aliphatic hydroxyl groups excluding tert-OH is 1. The molecule has 5 N–H and O–H groups in total. The molecule has 98 valence electrons. The Morgan fingerprint density at radius 1 is 1.50 bits per heavy atom. The molecule has 1 aromatic heterocycles. The number of anilines is 1. The molecule has 0 aliphatic heterocycles. The number of hydrogen-bond donors (Lipinski definition) is 4. The lowest BCUT2D eigenvalue weighted by Crippen LogP contribution is -2.38. The predicted molar refractivity (Wildman–Crippen MR) is 66.0 cm³/mol. The van der Waals surface area contributed by atoms with Gasteiger partial charge in [0.25, 0.3) is 5.91 Å². The molecule has 2 aliphatic rings. The summed E-state index contributed by atoms with van der Waals surface area (Å²) in [5.41, 5.74) is 7.62. The monoisotopic (exact) mass is 250 g/mol. The maximum absolute atomic E-state index is 11.9. The average Bonchev–Trinajstić information content (AvgIpc) is 3.07. The largest absolute Gasteiger partial charge is 0.395 e. The summed E-state index contributed by atoms with van der Waals surface area (Å²) in [4.78, 5) is 11.9. The van der Waals surface area contributed by atoms with Crippen molar-refractivity contribution in [2.45, 2.75) is 37.7 Å². The van der Waals surface area contributed by atoms with Crippen LogP contribution in [-0.2, 0) is 0 Å². The molecule has 0 spiro atoms. The Morgan fingerprint density at radius 3 is 2.83 bits per heavy atom. The van der Waals surface area contributed by atoms with Gasteiger partial charge in [-0.25, -0.2) is 0 Å². The molecule has 6 nitrogen and oxygen atoms in total. The van der Waals surface area contributed by atoms with Gasteiger partial charge in [0.05, 0.1) is 17.5 Å². The maximum Gasteiger partial charge on any atom is 0.273 e. The highest BCUT2D eigenvalue weighted by molar-refractivity contribution is 5.97. The van der Waals surface area contributed by atoms with Gasteiger partial charge in [0, 0.05) is 12.5 Å². The molecule has 1 aromatic rings. The first-order valence-corrected chi connectivity index (χ1v) is 6.45. The molecule has 3 rings (SSSR count). The molecule has 2 aliphatic carbocycles. The van der Waals surface area contributed by atoms with E-state index in [1.807, 2.05) is 0 Å². The summed E-state index contributed by atoms with van der Waals surface area (Å²) in [6.07, 6.45) is 3.58. The van der Waals surface area contributed by atoms with Crippen molar-refractivity contribution in [3.63, 3.8) is 0 Å². The average molecular weight is 250 g/mol. The van der Waals surface area contributed by atoms with E-state index in [2.05, 4.69) is 15.5 Å². The molecule has 2 saturated carbocycles. The SMILES string of the molecule is Nc1c(C(=O)NCC2CC(O)C2)n[nH]c1C1CC1. The fourth-order valence-electron chi connectivity index (χ4n) is 2.41. The number of carbonyl (C=O) groups is 1. The Morgan fingerprint density at radius 2 is 2.22 bits per heavy atom. The summed E-state index contributed by atoms with van der Waals surface area (Å²) in [6, 6.07) is 0. The Balaban J connectivity index is 1.58. The van der Waals surface area contributed by atoms with Crippen molar-refractivity contribution in [1.29, 1.82) is 0 Å². The van der Waals surface area contributed by atoms with Crippen LogP contribution in [0.4, 0.5) is 5.69 Å². The number of nitrogens with two attached hydrogens (primary N) is 1. The van der Waals surface area contributed by atoms with Crippen molar-refractivity contribution in [3.8, 4) is 0 Å². The Hall–Kier alpha value is -1.56. The third kappa shape index (κ3) is 2.08. The molecule has 0 radical (unpaired) electrons. The first-order valence-electron chi connectivity index (χ1n) is 6.45. The first-order chi connectivity index (χ1) is 8.65. The number of nitrogens with one attached hydrogen (secondary N) is 2. The summed E-state index contributed by atoms with van der Waals surface area (Å²) < 4.78 is 0. The van der Waals surface area contributed by atoms with E-state index in [1.54, 1.807) is 0 Å². The molecule has 1 amide bonds. The van der Waals surface area contributed by atoms with Crippen LogP contribution in [0, 0.1) is 5.92 Å². The van der Waals surface area contributed by atoms with Gasteiger partial charge in [0.15, 0.2) is 5.69 Å². The normalized spacial score (nSPS) is 26.7. The van der Waals surface area contributed by atoms with Gasteiger partial charge in [-0.1, -0.05) is 0 Å². The van der Waals surface area contributed by atoms with Gasteiger partial charge in [0.1, 0.15) is 0 Å². The summed E-state index contributed by atoms with van der Waals surface area (Å²) in [7, 11) is 0. The standard InChI is InChI=1S/C12H18N4O2/c13-9-10(7-1-2-7)15-16-11(9)12(18)14-5-6-3-8(17)4-6/h6-8,17H,1-5,13H2,(H,14,18)(H,15,16). The summed E-state index contributed by atoms with van der Waals surface area (Å²) in [5.74, 6) is 0.616. The zero-order chi connectivity index (χ0) is 12.7. The second-order valence-electron chi connectivity index (χ2n) is 5.38. The zero-order valence-corrected chi connectivity index (χ0v) is 10.1. The van der Waals surface area contributed by atoms with E-state index in [-0.39, 0.29) is 12.0 Å². The van der Waals surface area contributed by atoms with Crippen LogP contribution in [0.2, 0.25) is 0 Å². The number of aliphatic hydroxyl groups is 1. The number of nitrogen functional groups attached to an aromatic ring is 1. The van der Waals surface area contributed by atoms with Crippen molar-refractivity contribution in [1.82, 2.24) is 15.5 Å². The predicted octanol–water partition coefficient (Wildman–Crippen LogP) is 0.370. The van der Waals surface area contributed by atoms with Crippen LogP contribution < -0.4 is 11.1 Å². The lowest BCUT2D eigenvalue weighted by molar-refractivity contribution is 0.0420. The number of nitrogens with zero attached hydrogens (tertiary/aromatic N) is 1. The van der Waals surface area contributed by atoms with Crippen LogP contribution in [0.1, 0.15) is 47.8 Å². The van der Waals surface area contributed by atoms with Gasteiger partial charge in [-0.3, -0.25) is 9.89 Å². The number of carbonyl (C=O) groups excluding carboxylic acids is 1. The third-order valence-corrected chi connectivity index (χ3v) is 3.80. The van der Waals surface area contributed by atoms with Crippen LogP contribution in [-0.4, -0.2) is 33.9 Å². The minimum absolute atomic E-state index is 0.191. The molecule has 0 unspecified atom stereocenters. The minimum Gasteiger partial charge on any atom is -0.395 e. The molecule has 18 heavy (non-hydrogen) atoms. The topological polar surface area (TPSA) is 104 Å². The Bertz CT molecular complexity index is 461. The molecule has 2 fully saturated rings. The van der Waals surface area contributed by atoms with E-state index in [1.165, 1.54) is 0 Å². The third-order valence-electron chi connectivity index (χ3n) is 3.80. The van der Waals surface area contributed by atoms with Gasteiger partial charge in [0.2, 0.25) is 0 Å². The number of aromatic amines is 1. The van der Waals surface area contributed by atoms with Crippen LogP contribution in [0.15, 0.2) is 0 Å². The van der Waals surface area contributed by atoms with E-state index in [4.69, 9.17) is 10.8 Å². The first kappa shape index (κ1) is 11.5. The van der Waals surface area contributed by atoms with Gasteiger partial charge in [-0.15, -0.1) is 0 Å². The quantitative estimate of drug-likeness (QED) is 0.619. The molecule has 1 heterocycles. The highest BCUT2D eigenvalue weighted by Gasteiger charge is 2.31. The van der Waals surface area contributed by atoms with E-state index in [0.29, 0.717) is 29.8 Å². The number of amides is 1. The Kier molecular flexibility index (Phi) is 2.74. The number of hydrogen-bond acceptors (Lipinski definition) is 4. The maximum atomic E-state index is 11.9. The van der Waals surface area contributed by atoms with Gasteiger partial charge >= 0.3 is 0 Å². The van der Waals surface area contributed by atoms with E-state index >= 15 is 0 Å². The fourth-order valence-corrected chi connectivity index (χ4v) is 2.41. The van der Waals surface area contributed by atoms with Crippen LogP contribution in [0.25, 0.3) is 0 Å². The molecule has 0 bridgehead atoms. The van der Waals surface area contributed by atoms with Crippen LogP contribution in [0.5, 0.6) is 0 Å². The van der Waals surface area contributed by atoms with Crippen LogP contribution >= 0.6 is 0 Å². The van der Waals surface area contributed by atoms with Gasteiger partial charge < -0.3 is 16.2 Å². The Labute approximate surface area is 105 Å². The van der Waals surface area contributed by atoms with E-state index in [9.17, 15) is 4.79 Å². The van der Waals surface area contributed by atoms with Crippen LogP contribution in [0.3, 0.4) is 0 Å². The number of aromatic nitrogens is 2. The molecule has 0 saturated heterocycles. The summed E-state index contributed by atoms with van der Waals surface area (Å²) >= 11 is 0. The van der Waals surface area contributed by atoms with Gasteiger partial charge in [-0.05, 0) is 31.6 Å². The molecular formula is C12H18N4O2. The van der Waals surface area contributed by atoms with Crippen molar-refractivity contribution < 1.29 is 9.90 Å². The molecule has 0 atom stereocenters. The molecular weight excluding hydrogens is 232 g/mol. The van der Waals surface area contributed by atoms with E-state index in [0.717, 1.165) is 31.4 Å².